The van der Waals surface area contributed by atoms with Crippen LogP contribution in [-0.2, 0) is 16.0 Å². The number of piperazine rings is 1. The Labute approximate surface area is 164 Å². The maximum Gasteiger partial charge on any atom is 0.241 e. The topological polar surface area (TPSA) is 43.9 Å². The molecule has 4 rings (SSSR count). The summed E-state index contributed by atoms with van der Waals surface area (Å²) in [7, 11) is 1.97. The van der Waals surface area contributed by atoms with E-state index in [2.05, 4.69) is 4.90 Å². The molecule has 2 aliphatic rings. The third kappa shape index (κ3) is 3.52. The van der Waals surface area contributed by atoms with E-state index in [1.165, 1.54) is 12.1 Å². The van der Waals surface area contributed by atoms with Gasteiger partial charge in [0.15, 0.2) is 0 Å². The Kier molecular flexibility index (Phi) is 4.89. The van der Waals surface area contributed by atoms with Crippen molar-refractivity contribution in [2.75, 3.05) is 38.1 Å². The highest BCUT2D eigenvalue weighted by atomic mass is 19.1. The number of carbonyl (C=O) groups excluding carboxylic acids is 2. The van der Waals surface area contributed by atoms with Crippen molar-refractivity contribution in [3.63, 3.8) is 0 Å². The van der Waals surface area contributed by atoms with Crippen LogP contribution >= 0.6 is 0 Å². The molecule has 2 aromatic carbocycles. The van der Waals surface area contributed by atoms with Crippen LogP contribution in [0.3, 0.4) is 0 Å². The van der Waals surface area contributed by atoms with Crippen molar-refractivity contribution in [1.29, 1.82) is 0 Å². The molecule has 0 saturated carbocycles. The third-order valence-corrected chi connectivity index (χ3v) is 5.96. The number of amides is 2. The summed E-state index contributed by atoms with van der Waals surface area (Å²) in [4.78, 5) is 31.2. The lowest BCUT2D eigenvalue weighted by Crippen LogP contribution is -2.64. The van der Waals surface area contributed by atoms with Gasteiger partial charge in [0, 0.05) is 25.3 Å². The molecular weight excluding hydrogens is 357 g/mol. The zero-order chi connectivity index (χ0) is 19.7. The Morgan fingerprint density at radius 1 is 1.07 bits per heavy atom. The van der Waals surface area contributed by atoms with Gasteiger partial charge in [-0.3, -0.25) is 14.5 Å². The van der Waals surface area contributed by atoms with Gasteiger partial charge in [0.25, 0.3) is 0 Å². The molecule has 0 aliphatic carbocycles. The highest BCUT2D eigenvalue weighted by molar-refractivity contribution is 5.96. The van der Waals surface area contributed by atoms with Gasteiger partial charge in [-0.2, -0.15) is 0 Å². The zero-order valence-corrected chi connectivity index (χ0v) is 16.0. The largest absolute Gasteiger partial charge is 0.340 e. The molecule has 0 N–H and O–H groups in total. The van der Waals surface area contributed by atoms with Gasteiger partial charge in [-0.25, -0.2) is 4.39 Å². The second-order valence-corrected chi connectivity index (χ2v) is 7.76. The van der Waals surface area contributed by atoms with E-state index in [-0.39, 0.29) is 29.6 Å². The summed E-state index contributed by atoms with van der Waals surface area (Å²) >= 11 is 0. The molecule has 2 fully saturated rings. The minimum absolute atomic E-state index is 0.0417. The lowest BCUT2D eigenvalue weighted by Gasteiger charge is -2.46. The van der Waals surface area contributed by atoms with E-state index in [0.717, 1.165) is 17.7 Å². The Morgan fingerprint density at radius 2 is 1.79 bits per heavy atom. The normalized spacial score (nSPS) is 22.9. The van der Waals surface area contributed by atoms with Gasteiger partial charge in [-0.1, -0.05) is 30.3 Å². The lowest BCUT2D eigenvalue weighted by molar-refractivity contribution is -0.130. The number of hydrogen-bond donors (Lipinski definition) is 0. The summed E-state index contributed by atoms with van der Waals surface area (Å²) in [5, 5.41) is 0. The molecule has 1 spiro atoms. The van der Waals surface area contributed by atoms with E-state index < -0.39 is 0 Å². The molecule has 28 heavy (non-hydrogen) atoms. The summed E-state index contributed by atoms with van der Waals surface area (Å²) in [5.74, 6) is -0.179. The van der Waals surface area contributed by atoms with Gasteiger partial charge in [-0.15, -0.1) is 0 Å². The van der Waals surface area contributed by atoms with Gasteiger partial charge >= 0.3 is 0 Å². The second kappa shape index (κ2) is 7.36. The third-order valence-electron chi connectivity index (χ3n) is 5.96. The average molecular weight is 381 g/mol. The molecule has 2 aliphatic heterocycles. The first kappa shape index (κ1) is 18.6. The van der Waals surface area contributed by atoms with Crippen LogP contribution in [0.25, 0.3) is 0 Å². The number of halogens is 1. The molecule has 0 aromatic heterocycles. The number of hydrogen-bond acceptors (Lipinski definition) is 3. The van der Waals surface area contributed by atoms with Crippen LogP contribution in [0.2, 0.25) is 0 Å². The van der Waals surface area contributed by atoms with Crippen molar-refractivity contribution in [2.24, 2.45) is 0 Å². The fraction of sp³-hybridized carbons (Fsp3) is 0.364. The second-order valence-electron chi connectivity index (χ2n) is 7.76. The van der Waals surface area contributed by atoms with Crippen LogP contribution in [0.1, 0.15) is 12.0 Å². The molecule has 0 unspecified atom stereocenters. The van der Waals surface area contributed by atoms with Crippen molar-refractivity contribution in [3.05, 3.63) is 66.0 Å². The Morgan fingerprint density at radius 3 is 2.50 bits per heavy atom. The quantitative estimate of drug-likeness (QED) is 0.820. The first-order valence-electron chi connectivity index (χ1n) is 9.56. The summed E-state index contributed by atoms with van der Waals surface area (Å²) in [6.07, 6.45) is 1.09. The van der Waals surface area contributed by atoms with Crippen molar-refractivity contribution >= 4 is 17.5 Å². The van der Waals surface area contributed by atoms with Crippen molar-refractivity contribution in [3.8, 4) is 0 Å². The molecule has 5 nitrogen and oxygen atoms in total. The van der Waals surface area contributed by atoms with Gasteiger partial charge < -0.3 is 9.80 Å². The number of anilines is 1. The van der Waals surface area contributed by atoms with E-state index in [1.54, 1.807) is 12.1 Å². The van der Waals surface area contributed by atoms with Crippen LogP contribution in [0.5, 0.6) is 0 Å². The minimum atomic E-state index is -0.300. The molecular formula is C22H24FN3O2. The number of likely N-dealkylation sites (N-methyl/N-ethyl adjacent to an activating group) is 1. The maximum absolute atomic E-state index is 13.1. The molecule has 2 saturated heterocycles. The molecule has 146 valence electrons. The predicted octanol–water partition coefficient (Wildman–Crippen LogP) is 2.32. The molecule has 2 amide bonds. The molecule has 0 bridgehead atoms. The molecule has 2 heterocycles. The summed E-state index contributed by atoms with van der Waals surface area (Å²) in [6, 6.07) is 15.8. The number of para-hydroxylation sites is 1. The van der Waals surface area contributed by atoms with E-state index in [1.807, 2.05) is 47.2 Å². The average Bonchev–Trinajstić information content (AvgIpc) is 3.13. The standard InChI is InChI=1S/C22H24FN3O2/c1-24-14-21(28)26(19-5-3-2-4-6-19)16-22(24)11-12-25(15-22)20(27)13-17-7-9-18(23)10-8-17/h2-10H,11-16H2,1H3/t22-/m0/s1. The number of likely N-dealkylation sites (tertiary alicyclic amines) is 1. The molecule has 0 radical (unpaired) electrons. The van der Waals surface area contributed by atoms with Crippen LogP contribution in [0.15, 0.2) is 54.6 Å². The zero-order valence-electron chi connectivity index (χ0n) is 16.0. The van der Waals surface area contributed by atoms with Crippen molar-refractivity contribution in [1.82, 2.24) is 9.80 Å². The highest BCUT2D eigenvalue weighted by Gasteiger charge is 2.48. The van der Waals surface area contributed by atoms with Crippen LogP contribution in [0, 0.1) is 5.82 Å². The highest BCUT2D eigenvalue weighted by Crippen LogP contribution is 2.33. The summed E-state index contributed by atoms with van der Waals surface area (Å²) in [5.41, 5.74) is 1.48. The van der Waals surface area contributed by atoms with E-state index in [9.17, 15) is 14.0 Å². The monoisotopic (exact) mass is 381 g/mol. The molecule has 2 aromatic rings. The lowest BCUT2D eigenvalue weighted by atomic mass is 9.92. The van der Waals surface area contributed by atoms with Crippen LogP contribution in [0.4, 0.5) is 10.1 Å². The van der Waals surface area contributed by atoms with Crippen molar-refractivity contribution < 1.29 is 14.0 Å². The first-order valence-corrected chi connectivity index (χ1v) is 9.56. The van der Waals surface area contributed by atoms with Crippen LogP contribution in [-0.4, -0.2) is 60.4 Å². The van der Waals surface area contributed by atoms with E-state index in [4.69, 9.17) is 0 Å². The Hall–Kier alpha value is -2.73. The number of carbonyl (C=O) groups is 2. The SMILES string of the molecule is CN1CC(=O)N(c2ccccc2)C[C@@]12CCN(C(=O)Cc1ccc(F)cc1)C2. The minimum Gasteiger partial charge on any atom is -0.340 e. The van der Waals surface area contributed by atoms with Gasteiger partial charge in [0.1, 0.15) is 5.82 Å². The van der Waals surface area contributed by atoms with E-state index in [0.29, 0.717) is 26.2 Å². The fourth-order valence-electron chi connectivity index (χ4n) is 4.20. The summed E-state index contributed by atoms with van der Waals surface area (Å²) < 4.78 is 13.1. The Bertz CT molecular complexity index is 871. The van der Waals surface area contributed by atoms with E-state index >= 15 is 0 Å². The smallest absolute Gasteiger partial charge is 0.241 e. The Balaban J connectivity index is 1.48. The first-order chi connectivity index (χ1) is 13.5. The van der Waals surface area contributed by atoms with Gasteiger partial charge in [-0.05, 0) is 43.3 Å². The fourth-order valence-corrected chi connectivity index (χ4v) is 4.20. The number of nitrogens with zero attached hydrogens (tertiary/aromatic N) is 3. The van der Waals surface area contributed by atoms with Gasteiger partial charge in [0.05, 0.1) is 18.5 Å². The number of rotatable bonds is 3. The molecule has 6 heteroatoms. The van der Waals surface area contributed by atoms with Crippen LogP contribution < -0.4 is 4.90 Å². The van der Waals surface area contributed by atoms with Gasteiger partial charge in [0.2, 0.25) is 11.8 Å². The predicted molar refractivity (Wildman–Crippen MR) is 105 cm³/mol. The summed E-state index contributed by atoms with van der Waals surface area (Å²) in [6.45, 7) is 2.18. The maximum atomic E-state index is 13.1. The van der Waals surface area contributed by atoms with Crippen molar-refractivity contribution in [2.45, 2.75) is 18.4 Å². The number of benzene rings is 2. The molecule has 1 atom stereocenters.